The molecule has 28 heavy (non-hydrogen) atoms. The zero-order chi connectivity index (χ0) is 20.3. The van der Waals surface area contributed by atoms with Crippen molar-refractivity contribution >= 4 is 12.0 Å². The smallest absolute Gasteiger partial charge is 0.407 e. The number of nitrogens with zero attached hydrogens (tertiary/aromatic N) is 2. The van der Waals surface area contributed by atoms with Gasteiger partial charge in [0.05, 0.1) is 7.11 Å². The van der Waals surface area contributed by atoms with Crippen LogP contribution in [0.4, 0.5) is 4.79 Å². The maximum Gasteiger partial charge on any atom is 0.407 e. The standard InChI is InChI=1S/C22H31N3O3/c1-21(2,3)17-8-6-7-16(23-17)18-14-11-25(12-15(14)18)19(26)13-9-22(4,10-13)24-20(27)28-5/h6-8,13-15,18H,9-12H2,1-5H3,(H,24,27)/t13?,14-,15+,18?,22?. The highest BCUT2D eigenvalue weighted by Gasteiger charge is 2.59. The molecule has 152 valence electrons. The van der Waals surface area contributed by atoms with Gasteiger partial charge in [0.2, 0.25) is 5.91 Å². The molecule has 3 aliphatic rings. The molecule has 1 aromatic rings. The second kappa shape index (κ2) is 6.46. The molecule has 0 aromatic carbocycles. The summed E-state index contributed by atoms with van der Waals surface area (Å²) < 4.78 is 4.67. The van der Waals surface area contributed by atoms with Crippen molar-refractivity contribution in [1.29, 1.82) is 0 Å². The fourth-order valence-electron chi connectivity index (χ4n) is 5.06. The lowest BCUT2D eigenvalue weighted by Crippen LogP contribution is -2.58. The van der Waals surface area contributed by atoms with E-state index in [0.717, 1.165) is 18.8 Å². The summed E-state index contributed by atoms with van der Waals surface area (Å²) in [6, 6.07) is 6.36. The minimum Gasteiger partial charge on any atom is -0.453 e. The van der Waals surface area contributed by atoms with E-state index >= 15 is 0 Å². The van der Waals surface area contributed by atoms with Gasteiger partial charge in [0.1, 0.15) is 0 Å². The van der Waals surface area contributed by atoms with E-state index in [1.54, 1.807) is 0 Å². The van der Waals surface area contributed by atoms with E-state index in [-0.39, 0.29) is 22.8 Å². The van der Waals surface area contributed by atoms with Gasteiger partial charge in [0, 0.05) is 47.3 Å². The van der Waals surface area contributed by atoms with Crippen molar-refractivity contribution in [1.82, 2.24) is 15.2 Å². The lowest BCUT2D eigenvalue weighted by atomic mass is 9.69. The summed E-state index contributed by atoms with van der Waals surface area (Å²) in [5.41, 5.74) is 2.05. The van der Waals surface area contributed by atoms with E-state index in [9.17, 15) is 9.59 Å². The Balaban J connectivity index is 1.31. The monoisotopic (exact) mass is 385 g/mol. The van der Waals surface area contributed by atoms with Gasteiger partial charge >= 0.3 is 6.09 Å². The lowest BCUT2D eigenvalue weighted by molar-refractivity contribution is -0.140. The summed E-state index contributed by atoms with van der Waals surface area (Å²) in [5.74, 6) is 1.85. The number of likely N-dealkylation sites (tertiary alicyclic amines) is 1. The third-order valence-electron chi connectivity index (χ3n) is 6.72. The summed E-state index contributed by atoms with van der Waals surface area (Å²) in [5, 5.41) is 2.84. The molecule has 6 nitrogen and oxygen atoms in total. The average Bonchev–Trinajstić information content (AvgIpc) is 3.11. The molecule has 1 aliphatic heterocycles. The van der Waals surface area contributed by atoms with Gasteiger partial charge in [-0.1, -0.05) is 26.8 Å². The number of alkyl carbamates (subject to hydrolysis) is 1. The molecule has 3 fully saturated rings. The zero-order valence-electron chi connectivity index (χ0n) is 17.5. The third kappa shape index (κ3) is 3.38. The molecule has 0 radical (unpaired) electrons. The lowest BCUT2D eigenvalue weighted by Gasteiger charge is -2.45. The molecule has 1 unspecified atom stereocenters. The zero-order valence-corrected chi connectivity index (χ0v) is 17.5. The predicted octanol–water partition coefficient (Wildman–Crippen LogP) is 3.08. The van der Waals surface area contributed by atoms with Gasteiger partial charge in [-0.05, 0) is 43.7 Å². The first-order valence-electron chi connectivity index (χ1n) is 10.2. The van der Waals surface area contributed by atoms with Gasteiger partial charge in [-0.25, -0.2) is 4.79 Å². The van der Waals surface area contributed by atoms with Crippen molar-refractivity contribution in [2.75, 3.05) is 20.2 Å². The summed E-state index contributed by atoms with van der Waals surface area (Å²) >= 11 is 0. The highest BCUT2D eigenvalue weighted by atomic mass is 16.5. The number of carbonyl (C=O) groups is 2. The van der Waals surface area contributed by atoms with Crippen LogP contribution in [-0.2, 0) is 14.9 Å². The molecule has 1 saturated heterocycles. The average molecular weight is 386 g/mol. The molecule has 6 heteroatoms. The van der Waals surface area contributed by atoms with Crippen LogP contribution < -0.4 is 5.32 Å². The van der Waals surface area contributed by atoms with Crippen molar-refractivity contribution in [3.63, 3.8) is 0 Å². The number of pyridine rings is 1. The minimum absolute atomic E-state index is 0.0143. The van der Waals surface area contributed by atoms with Gasteiger partial charge in [0.15, 0.2) is 0 Å². The van der Waals surface area contributed by atoms with Crippen molar-refractivity contribution in [3.8, 4) is 0 Å². The molecule has 4 rings (SSSR count). The number of piperidine rings is 1. The number of hydrogen-bond donors (Lipinski definition) is 1. The number of aromatic nitrogens is 1. The van der Waals surface area contributed by atoms with Gasteiger partial charge in [-0.2, -0.15) is 0 Å². The Hall–Kier alpha value is -2.11. The van der Waals surface area contributed by atoms with Crippen LogP contribution in [0.25, 0.3) is 0 Å². The maximum absolute atomic E-state index is 12.8. The van der Waals surface area contributed by atoms with Crippen molar-refractivity contribution in [2.45, 2.75) is 57.4 Å². The highest BCUT2D eigenvalue weighted by molar-refractivity contribution is 5.81. The Morgan fingerprint density at radius 3 is 2.43 bits per heavy atom. The Labute approximate surface area is 167 Å². The summed E-state index contributed by atoms with van der Waals surface area (Å²) in [4.78, 5) is 31.2. The summed E-state index contributed by atoms with van der Waals surface area (Å²) in [6.45, 7) is 10.2. The Kier molecular flexibility index (Phi) is 4.43. The van der Waals surface area contributed by atoms with E-state index in [0.29, 0.717) is 30.6 Å². The van der Waals surface area contributed by atoms with Crippen LogP contribution in [0.5, 0.6) is 0 Å². The van der Waals surface area contributed by atoms with Crippen LogP contribution in [0.3, 0.4) is 0 Å². The molecule has 2 amide bonds. The molecular weight excluding hydrogens is 354 g/mol. The minimum atomic E-state index is -0.427. The molecule has 2 saturated carbocycles. The molecule has 2 aliphatic carbocycles. The normalized spacial score (nSPS) is 33.7. The molecule has 2 heterocycles. The van der Waals surface area contributed by atoms with Crippen molar-refractivity contribution < 1.29 is 14.3 Å². The number of hydrogen-bond acceptors (Lipinski definition) is 4. The molecule has 3 atom stereocenters. The van der Waals surface area contributed by atoms with Crippen molar-refractivity contribution in [3.05, 3.63) is 29.6 Å². The Morgan fingerprint density at radius 2 is 1.86 bits per heavy atom. The molecule has 1 aromatic heterocycles. The second-order valence-electron chi connectivity index (χ2n) is 10.1. The van der Waals surface area contributed by atoms with Crippen LogP contribution >= 0.6 is 0 Å². The van der Waals surface area contributed by atoms with Gasteiger partial charge in [0.25, 0.3) is 0 Å². The molecule has 0 spiro atoms. The van der Waals surface area contributed by atoms with E-state index in [1.165, 1.54) is 12.8 Å². The number of methoxy groups -OCH3 is 1. The number of carbonyl (C=O) groups excluding carboxylic acids is 2. The SMILES string of the molecule is COC(=O)NC1(C)CC(C(=O)N2C[C@@H]3C(c4cccc(C(C)(C)C)n4)[C@@H]3C2)C1. The first-order chi connectivity index (χ1) is 13.1. The first kappa shape index (κ1) is 19.2. The van der Waals surface area contributed by atoms with Crippen molar-refractivity contribution in [2.24, 2.45) is 17.8 Å². The first-order valence-corrected chi connectivity index (χ1v) is 10.2. The van der Waals surface area contributed by atoms with Gasteiger partial charge in [-0.15, -0.1) is 0 Å². The maximum atomic E-state index is 12.8. The number of nitrogens with one attached hydrogen (secondary N) is 1. The third-order valence-corrected chi connectivity index (χ3v) is 6.72. The topological polar surface area (TPSA) is 71.5 Å². The number of fused-ring (bicyclic) bond motifs is 1. The van der Waals surface area contributed by atoms with Gasteiger partial charge < -0.3 is 15.0 Å². The van der Waals surface area contributed by atoms with E-state index in [2.05, 4.69) is 49.0 Å². The highest BCUT2D eigenvalue weighted by Crippen LogP contribution is 2.58. The summed E-state index contributed by atoms with van der Waals surface area (Å²) in [7, 11) is 1.36. The van der Waals surface area contributed by atoms with Crippen LogP contribution in [0.1, 0.15) is 57.8 Å². The number of amides is 2. The number of rotatable bonds is 3. The van der Waals surface area contributed by atoms with Crippen LogP contribution in [0.2, 0.25) is 0 Å². The Morgan fingerprint density at radius 1 is 1.21 bits per heavy atom. The predicted molar refractivity (Wildman–Crippen MR) is 106 cm³/mol. The fourth-order valence-corrected chi connectivity index (χ4v) is 5.06. The van der Waals surface area contributed by atoms with Gasteiger partial charge in [-0.3, -0.25) is 9.78 Å². The molecule has 1 N–H and O–H groups in total. The van der Waals surface area contributed by atoms with Crippen LogP contribution in [0, 0.1) is 17.8 Å². The largest absolute Gasteiger partial charge is 0.453 e. The Bertz CT molecular complexity index is 782. The van der Waals surface area contributed by atoms with Crippen LogP contribution in [-0.4, -0.2) is 47.6 Å². The quantitative estimate of drug-likeness (QED) is 0.868. The summed E-state index contributed by atoms with van der Waals surface area (Å²) in [6.07, 6.45) is 0.945. The van der Waals surface area contributed by atoms with E-state index in [4.69, 9.17) is 4.98 Å². The fraction of sp³-hybridized carbons (Fsp3) is 0.682. The molecular formula is C22H31N3O3. The van der Waals surface area contributed by atoms with E-state index < -0.39 is 6.09 Å². The van der Waals surface area contributed by atoms with Crippen LogP contribution in [0.15, 0.2) is 18.2 Å². The molecule has 0 bridgehead atoms. The second-order valence-corrected chi connectivity index (χ2v) is 10.1. The number of ether oxygens (including phenoxy) is 1. The van der Waals surface area contributed by atoms with E-state index in [1.807, 2.05) is 11.8 Å².